The van der Waals surface area contributed by atoms with E-state index >= 15 is 0 Å². The molecule has 0 aromatic carbocycles. The fourth-order valence-corrected chi connectivity index (χ4v) is 4.33. The number of hydrogen-bond donors (Lipinski definition) is 1. The van der Waals surface area contributed by atoms with Crippen molar-refractivity contribution in [1.29, 1.82) is 0 Å². The molecule has 2 aliphatic heterocycles. The lowest BCUT2D eigenvalue weighted by Crippen LogP contribution is -2.44. The number of aliphatic imine (C=N–C) groups is 1. The molecule has 1 N–H and O–H groups in total. The van der Waals surface area contributed by atoms with E-state index in [2.05, 4.69) is 35.9 Å². The van der Waals surface area contributed by atoms with E-state index in [4.69, 9.17) is 14.5 Å². The van der Waals surface area contributed by atoms with E-state index < -0.39 is 0 Å². The van der Waals surface area contributed by atoms with Crippen molar-refractivity contribution >= 4 is 5.96 Å². The molecule has 0 bridgehead atoms. The third-order valence-corrected chi connectivity index (χ3v) is 6.01. The topological polar surface area (TPSA) is 49.3 Å². The summed E-state index contributed by atoms with van der Waals surface area (Å²) in [5, 5.41) is 3.53. The van der Waals surface area contributed by atoms with E-state index in [9.17, 15) is 0 Å². The Hall–Kier alpha value is -0.850. The van der Waals surface area contributed by atoms with Gasteiger partial charge in [0, 0.05) is 38.7 Å². The predicted molar refractivity (Wildman–Crippen MR) is 117 cm³/mol. The van der Waals surface area contributed by atoms with Crippen LogP contribution in [-0.2, 0) is 9.47 Å². The van der Waals surface area contributed by atoms with Crippen molar-refractivity contribution in [2.45, 2.75) is 58.9 Å². The van der Waals surface area contributed by atoms with Gasteiger partial charge in [-0.25, -0.2) is 0 Å². The maximum Gasteiger partial charge on any atom is 0.193 e. The minimum atomic E-state index is 0.544. The molecule has 28 heavy (non-hydrogen) atoms. The maximum absolute atomic E-state index is 5.75. The molecule has 0 amide bonds. The fourth-order valence-electron chi connectivity index (χ4n) is 4.33. The summed E-state index contributed by atoms with van der Waals surface area (Å²) in [4.78, 5) is 10.2. The van der Waals surface area contributed by atoms with Crippen LogP contribution in [0.25, 0.3) is 0 Å². The molecule has 2 heterocycles. The van der Waals surface area contributed by atoms with Gasteiger partial charge in [0.15, 0.2) is 5.96 Å². The first-order chi connectivity index (χ1) is 13.7. The normalized spacial score (nSPS) is 23.2. The highest BCUT2D eigenvalue weighted by atomic mass is 16.5. The van der Waals surface area contributed by atoms with E-state index in [1.807, 2.05) is 0 Å². The quantitative estimate of drug-likeness (QED) is 0.350. The average Bonchev–Trinajstić information content (AvgIpc) is 2.98. The largest absolute Gasteiger partial charge is 0.382 e. The van der Waals surface area contributed by atoms with Gasteiger partial charge >= 0.3 is 0 Å². The minimum Gasteiger partial charge on any atom is -0.382 e. The molecule has 2 rings (SSSR count). The van der Waals surface area contributed by atoms with Gasteiger partial charge in [-0.2, -0.15) is 0 Å². The number of methoxy groups -OCH3 is 1. The first-order valence-corrected chi connectivity index (χ1v) is 11.5. The van der Waals surface area contributed by atoms with Crippen molar-refractivity contribution in [3.63, 3.8) is 0 Å². The highest BCUT2D eigenvalue weighted by molar-refractivity contribution is 5.80. The van der Waals surface area contributed by atoms with Gasteiger partial charge in [-0.05, 0) is 45.2 Å². The Bertz CT molecular complexity index is 436. The standard InChI is InChI=1S/C22H44N4O2/c1-5-23-22(26-13-10-20(17-26)18-28-15-14-27-4)24-16-21(19(2)3)25-11-8-6-7-9-12-25/h19-21H,5-18H2,1-4H3,(H,23,24). The molecule has 2 unspecified atom stereocenters. The minimum absolute atomic E-state index is 0.544. The molecule has 0 aromatic heterocycles. The second kappa shape index (κ2) is 13.4. The molecule has 0 radical (unpaired) electrons. The highest BCUT2D eigenvalue weighted by Gasteiger charge is 2.26. The molecule has 2 atom stereocenters. The van der Waals surface area contributed by atoms with E-state index in [0.29, 0.717) is 31.1 Å². The van der Waals surface area contributed by atoms with Crippen LogP contribution in [0.4, 0.5) is 0 Å². The number of nitrogens with zero attached hydrogens (tertiary/aromatic N) is 3. The summed E-state index contributed by atoms with van der Waals surface area (Å²) in [6, 6.07) is 0.544. The smallest absolute Gasteiger partial charge is 0.193 e. The molecule has 0 aliphatic carbocycles. The fraction of sp³-hybridized carbons (Fsp3) is 0.955. The molecule has 0 aromatic rings. The Labute approximate surface area is 173 Å². The van der Waals surface area contributed by atoms with Gasteiger partial charge in [-0.1, -0.05) is 26.7 Å². The van der Waals surface area contributed by atoms with Crippen LogP contribution in [0.3, 0.4) is 0 Å². The Morgan fingerprint density at radius 2 is 1.86 bits per heavy atom. The molecular formula is C22H44N4O2. The van der Waals surface area contributed by atoms with Crippen molar-refractivity contribution in [3.05, 3.63) is 0 Å². The van der Waals surface area contributed by atoms with Crippen LogP contribution in [0.1, 0.15) is 52.9 Å². The molecule has 0 saturated carbocycles. The van der Waals surface area contributed by atoms with Gasteiger partial charge in [-0.3, -0.25) is 9.89 Å². The zero-order chi connectivity index (χ0) is 20.2. The summed E-state index contributed by atoms with van der Waals surface area (Å²) in [6.45, 7) is 15.4. The SMILES string of the molecule is CCNC(=NCC(C(C)C)N1CCCCCC1)N1CCC(COCCOC)C1. The lowest BCUT2D eigenvalue weighted by atomic mass is 10.0. The van der Waals surface area contributed by atoms with Gasteiger partial charge < -0.3 is 19.7 Å². The van der Waals surface area contributed by atoms with Crippen molar-refractivity contribution in [3.8, 4) is 0 Å². The Morgan fingerprint density at radius 3 is 2.50 bits per heavy atom. The highest BCUT2D eigenvalue weighted by Crippen LogP contribution is 2.19. The van der Waals surface area contributed by atoms with Crippen LogP contribution in [0, 0.1) is 11.8 Å². The molecular weight excluding hydrogens is 352 g/mol. The zero-order valence-corrected chi connectivity index (χ0v) is 18.8. The predicted octanol–water partition coefficient (Wildman–Crippen LogP) is 2.84. The average molecular weight is 397 g/mol. The van der Waals surface area contributed by atoms with Gasteiger partial charge in [0.25, 0.3) is 0 Å². The lowest BCUT2D eigenvalue weighted by molar-refractivity contribution is 0.0536. The van der Waals surface area contributed by atoms with Crippen molar-refractivity contribution in [2.24, 2.45) is 16.8 Å². The molecule has 6 nitrogen and oxygen atoms in total. The van der Waals surface area contributed by atoms with Gasteiger partial charge in [0.2, 0.25) is 0 Å². The van der Waals surface area contributed by atoms with E-state index in [0.717, 1.165) is 38.7 Å². The lowest BCUT2D eigenvalue weighted by Gasteiger charge is -2.33. The Kier molecular flexibility index (Phi) is 11.2. The molecule has 2 aliphatic rings. The number of hydrogen-bond acceptors (Lipinski definition) is 4. The first-order valence-electron chi connectivity index (χ1n) is 11.5. The summed E-state index contributed by atoms with van der Waals surface area (Å²) in [5.41, 5.74) is 0. The summed E-state index contributed by atoms with van der Waals surface area (Å²) >= 11 is 0. The van der Waals surface area contributed by atoms with Gasteiger partial charge in [-0.15, -0.1) is 0 Å². The Morgan fingerprint density at radius 1 is 1.11 bits per heavy atom. The zero-order valence-electron chi connectivity index (χ0n) is 18.8. The van der Waals surface area contributed by atoms with Crippen molar-refractivity contribution < 1.29 is 9.47 Å². The molecule has 2 saturated heterocycles. The number of nitrogens with one attached hydrogen (secondary N) is 1. The first kappa shape index (κ1) is 23.4. The Balaban J connectivity index is 1.90. The summed E-state index contributed by atoms with van der Waals surface area (Å²) < 4.78 is 10.8. The van der Waals surface area contributed by atoms with Crippen molar-refractivity contribution in [1.82, 2.24) is 15.1 Å². The van der Waals surface area contributed by atoms with Crippen LogP contribution in [0.15, 0.2) is 4.99 Å². The van der Waals surface area contributed by atoms with E-state index in [-0.39, 0.29) is 0 Å². The number of ether oxygens (including phenoxy) is 2. The van der Waals surface area contributed by atoms with Crippen LogP contribution >= 0.6 is 0 Å². The molecule has 164 valence electrons. The van der Waals surface area contributed by atoms with Crippen LogP contribution in [0.2, 0.25) is 0 Å². The number of guanidine groups is 1. The van der Waals surface area contributed by atoms with Gasteiger partial charge in [0.05, 0.1) is 26.4 Å². The van der Waals surface area contributed by atoms with E-state index in [1.54, 1.807) is 7.11 Å². The van der Waals surface area contributed by atoms with Crippen LogP contribution < -0.4 is 5.32 Å². The van der Waals surface area contributed by atoms with Crippen LogP contribution in [-0.4, -0.2) is 88.0 Å². The monoisotopic (exact) mass is 396 g/mol. The van der Waals surface area contributed by atoms with Gasteiger partial charge in [0.1, 0.15) is 0 Å². The third-order valence-electron chi connectivity index (χ3n) is 6.01. The second-order valence-corrected chi connectivity index (χ2v) is 8.62. The summed E-state index contributed by atoms with van der Waals surface area (Å²) in [6.07, 6.45) is 6.62. The number of rotatable bonds is 10. The summed E-state index contributed by atoms with van der Waals surface area (Å²) in [5.74, 6) is 2.31. The third kappa shape index (κ3) is 7.88. The summed E-state index contributed by atoms with van der Waals surface area (Å²) in [7, 11) is 1.72. The molecule has 6 heteroatoms. The molecule has 2 fully saturated rings. The van der Waals surface area contributed by atoms with Crippen molar-refractivity contribution in [2.75, 3.05) is 66.2 Å². The van der Waals surface area contributed by atoms with Crippen LogP contribution in [0.5, 0.6) is 0 Å². The maximum atomic E-state index is 5.75. The second-order valence-electron chi connectivity index (χ2n) is 8.62. The number of likely N-dealkylation sites (tertiary alicyclic amines) is 2. The molecule has 0 spiro atoms. The van der Waals surface area contributed by atoms with E-state index in [1.165, 1.54) is 45.2 Å².